The van der Waals surface area contributed by atoms with Crippen molar-refractivity contribution in [3.8, 4) is 5.75 Å². The van der Waals surface area contributed by atoms with Gasteiger partial charge in [-0.15, -0.1) is 0 Å². The summed E-state index contributed by atoms with van der Waals surface area (Å²) >= 11 is 0. The van der Waals surface area contributed by atoms with Gasteiger partial charge in [0.1, 0.15) is 11.6 Å². The summed E-state index contributed by atoms with van der Waals surface area (Å²) in [6.45, 7) is 4.93. The van der Waals surface area contributed by atoms with Crippen molar-refractivity contribution in [2.24, 2.45) is 10.7 Å². The molecule has 8 heteroatoms. The number of aliphatic imine (C=N–C) groups is 1. The molecule has 0 aliphatic carbocycles. The van der Waals surface area contributed by atoms with Crippen molar-refractivity contribution in [3.05, 3.63) is 59.4 Å². The fourth-order valence-electron chi connectivity index (χ4n) is 3.30. The molecule has 0 aromatic heterocycles. The van der Waals surface area contributed by atoms with Crippen LogP contribution in [0.1, 0.15) is 22.8 Å². The van der Waals surface area contributed by atoms with E-state index in [0.717, 1.165) is 19.6 Å². The van der Waals surface area contributed by atoms with Gasteiger partial charge in [0.05, 0.1) is 12.8 Å². The average molecular weight is 413 g/mol. The Morgan fingerprint density at radius 2 is 2.10 bits per heavy atom. The number of guanidine groups is 1. The molecule has 1 fully saturated rings. The predicted octanol–water partition coefficient (Wildman–Crippen LogP) is 2.05. The van der Waals surface area contributed by atoms with Crippen molar-refractivity contribution in [3.63, 3.8) is 0 Å². The lowest BCUT2D eigenvalue weighted by molar-refractivity contribution is 0.0954. The van der Waals surface area contributed by atoms with Crippen LogP contribution in [0.25, 0.3) is 0 Å². The van der Waals surface area contributed by atoms with Gasteiger partial charge in [0.25, 0.3) is 5.91 Å². The van der Waals surface area contributed by atoms with Crippen LogP contribution in [0, 0.1) is 5.82 Å². The quantitative estimate of drug-likeness (QED) is 0.498. The summed E-state index contributed by atoms with van der Waals surface area (Å²) in [5, 5.41) is 6.17. The Hall–Kier alpha value is -3.13. The third-order valence-electron chi connectivity index (χ3n) is 5.01. The zero-order valence-electron chi connectivity index (χ0n) is 17.3. The van der Waals surface area contributed by atoms with E-state index >= 15 is 0 Å². The molecule has 2 aromatic rings. The standard InChI is InChI=1S/C22H28FN5O2/c1-15-14-28(12-11-25-15)22(24)27-18-6-3-17(4-7-18)21(29)26-10-9-16-5-8-19(30-2)13-20(16)23/h3-8,13,15,25H,9-12,14H2,1-2H3,(H2,24,27)(H,26,29)/t15-/m0/s1. The third kappa shape index (κ3) is 5.70. The number of nitrogens with two attached hydrogens (primary N) is 1. The first-order valence-electron chi connectivity index (χ1n) is 9.99. The number of nitrogens with one attached hydrogen (secondary N) is 2. The van der Waals surface area contributed by atoms with E-state index in [1.54, 1.807) is 36.4 Å². The molecule has 0 radical (unpaired) electrons. The predicted molar refractivity (Wildman–Crippen MR) is 116 cm³/mol. The van der Waals surface area contributed by atoms with E-state index in [9.17, 15) is 9.18 Å². The molecule has 2 aromatic carbocycles. The van der Waals surface area contributed by atoms with Crippen molar-refractivity contribution >= 4 is 17.6 Å². The third-order valence-corrected chi connectivity index (χ3v) is 5.01. The fourth-order valence-corrected chi connectivity index (χ4v) is 3.30. The monoisotopic (exact) mass is 413 g/mol. The molecular weight excluding hydrogens is 385 g/mol. The summed E-state index contributed by atoms with van der Waals surface area (Å²) < 4.78 is 19.0. The molecule has 0 unspecified atom stereocenters. The second-order valence-electron chi connectivity index (χ2n) is 7.28. The highest BCUT2D eigenvalue weighted by Gasteiger charge is 2.17. The van der Waals surface area contributed by atoms with Crippen LogP contribution in [0.15, 0.2) is 47.5 Å². The van der Waals surface area contributed by atoms with Gasteiger partial charge in [-0.2, -0.15) is 0 Å². The Morgan fingerprint density at radius 1 is 1.33 bits per heavy atom. The highest BCUT2D eigenvalue weighted by molar-refractivity contribution is 5.94. The Kier molecular flexibility index (Phi) is 7.24. The van der Waals surface area contributed by atoms with Crippen LogP contribution in [0.3, 0.4) is 0 Å². The van der Waals surface area contributed by atoms with Gasteiger partial charge < -0.3 is 26.0 Å². The van der Waals surface area contributed by atoms with Gasteiger partial charge in [0.2, 0.25) is 0 Å². The van der Waals surface area contributed by atoms with E-state index in [1.807, 2.05) is 4.90 Å². The molecule has 0 spiro atoms. The van der Waals surface area contributed by atoms with Crippen LogP contribution in [0.2, 0.25) is 0 Å². The Balaban J connectivity index is 1.53. The Morgan fingerprint density at radius 3 is 2.77 bits per heavy atom. The minimum Gasteiger partial charge on any atom is -0.497 e. The number of piperazine rings is 1. The summed E-state index contributed by atoms with van der Waals surface area (Å²) in [5.41, 5.74) is 7.85. The number of hydrogen-bond donors (Lipinski definition) is 3. The van der Waals surface area contributed by atoms with Gasteiger partial charge in [-0.3, -0.25) is 4.79 Å². The average Bonchev–Trinajstić information content (AvgIpc) is 2.75. The maximum Gasteiger partial charge on any atom is 0.251 e. The maximum atomic E-state index is 14.0. The first kappa shape index (κ1) is 21.6. The van der Waals surface area contributed by atoms with Crippen LogP contribution in [0.4, 0.5) is 10.1 Å². The summed E-state index contributed by atoms with van der Waals surface area (Å²) in [6, 6.07) is 12.0. The lowest BCUT2D eigenvalue weighted by atomic mass is 10.1. The number of methoxy groups -OCH3 is 1. The lowest BCUT2D eigenvalue weighted by Gasteiger charge is -2.32. The normalized spacial score (nSPS) is 17.0. The van der Waals surface area contributed by atoms with E-state index in [2.05, 4.69) is 22.5 Å². The van der Waals surface area contributed by atoms with Gasteiger partial charge >= 0.3 is 0 Å². The first-order chi connectivity index (χ1) is 14.5. The molecule has 0 bridgehead atoms. The van der Waals surface area contributed by atoms with Crippen molar-refractivity contribution in [2.75, 3.05) is 33.3 Å². The van der Waals surface area contributed by atoms with Crippen molar-refractivity contribution in [1.82, 2.24) is 15.5 Å². The number of ether oxygens (including phenoxy) is 1. The summed E-state index contributed by atoms with van der Waals surface area (Å²) in [4.78, 5) is 18.8. The van der Waals surface area contributed by atoms with E-state index in [0.29, 0.717) is 47.5 Å². The largest absolute Gasteiger partial charge is 0.497 e. The molecule has 7 nitrogen and oxygen atoms in total. The smallest absolute Gasteiger partial charge is 0.251 e. The molecule has 0 saturated carbocycles. The van der Waals surface area contributed by atoms with Crippen LogP contribution in [-0.2, 0) is 6.42 Å². The fraction of sp³-hybridized carbons (Fsp3) is 0.364. The second-order valence-corrected chi connectivity index (χ2v) is 7.28. The van der Waals surface area contributed by atoms with E-state index < -0.39 is 0 Å². The minimum absolute atomic E-state index is 0.219. The highest BCUT2D eigenvalue weighted by Crippen LogP contribution is 2.17. The van der Waals surface area contributed by atoms with E-state index in [-0.39, 0.29) is 11.7 Å². The molecule has 3 rings (SSSR count). The minimum atomic E-state index is -0.345. The molecular formula is C22H28FN5O2. The topological polar surface area (TPSA) is 92.0 Å². The van der Waals surface area contributed by atoms with Gasteiger partial charge in [-0.1, -0.05) is 6.07 Å². The molecule has 1 aliphatic heterocycles. The number of nitrogens with zero attached hydrogens (tertiary/aromatic N) is 2. The number of halogens is 1. The summed E-state index contributed by atoms with van der Waals surface area (Å²) in [5.74, 6) is 0.378. The number of benzene rings is 2. The Bertz CT molecular complexity index is 901. The molecule has 30 heavy (non-hydrogen) atoms. The number of amides is 1. The maximum absolute atomic E-state index is 14.0. The number of rotatable bonds is 6. The highest BCUT2D eigenvalue weighted by atomic mass is 19.1. The van der Waals surface area contributed by atoms with Crippen molar-refractivity contribution < 1.29 is 13.9 Å². The SMILES string of the molecule is COc1ccc(CCNC(=O)c2ccc(N=C(N)N3CCN[C@@H](C)C3)cc2)c(F)c1. The van der Waals surface area contributed by atoms with Crippen LogP contribution >= 0.6 is 0 Å². The van der Waals surface area contributed by atoms with Crippen molar-refractivity contribution in [2.45, 2.75) is 19.4 Å². The molecule has 1 heterocycles. The first-order valence-corrected chi connectivity index (χ1v) is 9.99. The number of hydrogen-bond acceptors (Lipinski definition) is 4. The molecule has 160 valence electrons. The molecule has 1 saturated heterocycles. The molecule has 1 amide bonds. The number of carbonyl (C=O) groups excluding carboxylic acids is 1. The summed E-state index contributed by atoms with van der Waals surface area (Å²) in [7, 11) is 1.49. The van der Waals surface area contributed by atoms with E-state index in [4.69, 9.17) is 10.5 Å². The van der Waals surface area contributed by atoms with Gasteiger partial charge in [-0.05, 0) is 49.2 Å². The summed E-state index contributed by atoms with van der Waals surface area (Å²) in [6.07, 6.45) is 0.392. The van der Waals surface area contributed by atoms with Crippen molar-refractivity contribution in [1.29, 1.82) is 0 Å². The number of carbonyl (C=O) groups is 1. The van der Waals surface area contributed by atoms with Crippen LogP contribution in [-0.4, -0.2) is 56.1 Å². The molecule has 4 N–H and O–H groups in total. The zero-order valence-corrected chi connectivity index (χ0v) is 17.3. The van der Waals surface area contributed by atoms with Crippen LogP contribution < -0.4 is 21.1 Å². The zero-order chi connectivity index (χ0) is 21.5. The molecule has 1 aliphatic rings. The van der Waals surface area contributed by atoms with Crippen LogP contribution in [0.5, 0.6) is 5.75 Å². The Labute approximate surface area is 176 Å². The van der Waals surface area contributed by atoms with Gasteiger partial charge in [-0.25, -0.2) is 9.38 Å². The van der Waals surface area contributed by atoms with Gasteiger partial charge in [0, 0.05) is 43.9 Å². The lowest BCUT2D eigenvalue weighted by Crippen LogP contribution is -2.53. The second kappa shape index (κ2) is 10.1. The van der Waals surface area contributed by atoms with Gasteiger partial charge in [0.15, 0.2) is 5.96 Å². The van der Waals surface area contributed by atoms with E-state index in [1.165, 1.54) is 13.2 Å². The molecule has 1 atom stereocenters.